The molecule has 3 rings (SSSR count). The zero-order chi connectivity index (χ0) is 18.0. The number of hydrogen-bond acceptors (Lipinski definition) is 6. The second-order valence-electron chi connectivity index (χ2n) is 6.41. The lowest BCUT2D eigenvalue weighted by Gasteiger charge is -2.30. The SMILES string of the molecule is CCN(C(=O)[C@H](C)Nc1ccc2c(c1)OCCO2)[C@@H]1CCS(=O)(=O)C1. The van der Waals surface area contributed by atoms with Gasteiger partial charge in [0.15, 0.2) is 21.3 Å². The number of carbonyl (C=O) groups is 1. The van der Waals surface area contributed by atoms with Gasteiger partial charge in [-0.15, -0.1) is 0 Å². The zero-order valence-electron chi connectivity index (χ0n) is 14.5. The summed E-state index contributed by atoms with van der Waals surface area (Å²) in [4.78, 5) is 14.4. The lowest BCUT2D eigenvalue weighted by atomic mass is 10.1. The minimum Gasteiger partial charge on any atom is -0.486 e. The van der Waals surface area contributed by atoms with E-state index >= 15 is 0 Å². The summed E-state index contributed by atoms with van der Waals surface area (Å²) in [6.45, 7) is 5.19. The number of carbonyl (C=O) groups excluding carboxylic acids is 1. The number of anilines is 1. The highest BCUT2D eigenvalue weighted by Crippen LogP contribution is 2.32. The summed E-state index contributed by atoms with van der Waals surface area (Å²) in [5, 5.41) is 3.17. The molecule has 1 aromatic rings. The molecule has 8 heteroatoms. The molecule has 1 aromatic carbocycles. The van der Waals surface area contributed by atoms with Crippen molar-refractivity contribution in [1.29, 1.82) is 0 Å². The molecule has 7 nitrogen and oxygen atoms in total. The maximum Gasteiger partial charge on any atom is 0.245 e. The van der Waals surface area contributed by atoms with Gasteiger partial charge in [-0.2, -0.15) is 0 Å². The molecule has 0 unspecified atom stereocenters. The summed E-state index contributed by atoms with van der Waals surface area (Å²) in [6, 6.07) is 4.77. The van der Waals surface area contributed by atoms with E-state index in [0.717, 1.165) is 5.69 Å². The van der Waals surface area contributed by atoms with Gasteiger partial charge in [-0.05, 0) is 32.4 Å². The van der Waals surface area contributed by atoms with Gasteiger partial charge in [0.25, 0.3) is 0 Å². The third-order valence-electron chi connectivity index (χ3n) is 4.57. The Hall–Kier alpha value is -1.96. The van der Waals surface area contributed by atoms with E-state index in [1.807, 2.05) is 25.1 Å². The highest BCUT2D eigenvalue weighted by molar-refractivity contribution is 7.91. The predicted molar refractivity (Wildman–Crippen MR) is 95.0 cm³/mol. The van der Waals surface area contributed by atoms with Crippen molar-refractivity contribution in [3.63, 3.8) is 0 Å². The maximum atomic E-state index is 12.8. The van der Waals surface area contributed by atoms with Crippen LogP contribution in [-0.2, 0) is 14.6 Å². The topological polar surface area (TPSA) is 84.9 Å². The molecule has 0 bridgehead atoms. The lowest BCUT2D eigenvalue weighted by molar-refractivity contribution is -0.133. The Balaban J connectivity index is 1.67. The second kappa shape index (κ2) is 7.11. The van der Waals surface area contributed by atoms with E-state index in [2.05, 4.69) is 5.32 Å². The number of sulfone groups is 1. The molecule has 0 aromatic heterocycles. The molecule has 0 aliphatic carbocycles. The average Bonchev–Trinajstić information content (AvgIpc) is 2.95. The molecule has 2 aliphatic heterocycles. The first-order valence-corrected chi connectivity index (χ1v) is 10.4. The molecule has 0 spiro atoms. The fraction of sp³-hybridized carbons (Fsp3) is 0.588. The highest BCUT2D eigenvalue weighted by atomic mass is 32.2. The molecular weight excluding hydrogens is 344 g/mol. The van der Waals surface area contributed by atoms with E-state index in [9.17, 15) is 13.2 Å². The summed E-state index contributed by atoms with van der Waals surface area (Å²) < 4.78 is 34.4. The van der Waals surface area contributed by atoms with Gasteiger partial charge in [0.2, 0.25) is 5.91 Å². The van der Waals surface area contributed by atoms with Gasteiger partial charge in [0, 0.05) is 24.3 Å². The van der Waals surface area contributed by atoms with Crippen molar-refractivity contribution in [2.24, 2.45) is 0 Å². The quantitative estimate of drug-likeness (QED) is 0.843. The van der Waals surface area contributed by atoms with Gasteiger partial charge in [0.1, 0.15) is 19.3 Å². The number of ether oxygens (including phenoxy) is 2. The summed E-state index contributed by atoms with van der Waals surface area (Å²) in [5.74, 6) is 1.47. The summed E-state index contributed by atoms with van der Waals surface area (Å²) in [7, 11) is -3.02. The fourth-order valence-corrected chi connectivity index (χ4v) is 5.04. The number of rotatable bonds is 5. The molecule has 25 heavy (non-hydrogen) atoms. The third-order valence-corrected chi connectivity index (χ3v) is 6.32. The summed E-state index contributed by atoms with van der Waals surface area (Å²) >= 11 is 0. The van der Waals surface area contributed by atoms with Gasteiger partial charge in [-0.1, -0.05) is 0 Å². The van der Waals surface area contributed by atoms with E-state index in [0.29, 0.717) is 37.7 Å². The van der Waals surface area contributed by atoms with E-state index in [4.69, 9.17) is 9.47 Å². The molecular formula is C17H24N2O5S. The normalized spacial score (nSPS) is 22.2. The van der Waals surface area contributed by atoms with Crippen molar-refractivity contribution >= 4 is 21.4 Å². The van der Waals surface area contributed by atoms with Gasteiger partial charge in [-0.3, -0.25) is 4.79 Å². The Morgan fingerprint density at radius 1 is 1.32 bits per heavy atom. The van der Waals surface area contributed by atoms with E-state index in [1.54, 1.807) is 11.8 Å². The highest BCUT2D eigenvalue weighted by Gasteiger charge is 2.35. The fourth-order valence-electron chi connectivity index (χ4n) is 3.31. The molecule has 1 saturated heterocycles. The van der Waals surface area contributed by atoms with Crippen LogP contribution >= 0.6 is 0 Å². The number of nitrogens with one attached hydrogen (secondary N) is 1. The van der Waals surface area contributed by atoms with Gasteiger partial charge in [-0.25, -0.2) is 8.42 Å². The van der Waals surface area contributed by atoms with Crippen molar-refractivity contribution < 1.29 is 22.7 Å². The van der Waals surface area contributed by atoms with Crippen LogP contribution in [0.2, 0.25) is 0 Å². The zero-order valence-corrected chi connectivity index (χ0v) is 15.3. The molecule has 138 valence electrons. The molecule has 2 aliphatic rings. The standard InChI is InChI=1S/C17H24N2O5S/c1-3-19(14-6-9-25(21,22)11-14)17(20)12(2)18-13-4-5-15-16(10-13)24-8-7-23-15/h4-5,10,12,14,18H,3,6-9,11H2,1-2H3/t12-,14+/m0/s1. The monoisotopic (exact) mass is 368 g/mol. The van der Waals surface area contributed by atoms with Crippen LogP contribution in [0.3, 0.4) is 0 Å². The second-order valence-corrected chi connectivity index (χ2v) is 8.63. The maximum absolute atomic E-state index is 12.8. The molecule has 0 radical (unpaired) electrons. The van der Waals surface area contributed by atoms with Crippen molar-refractivity contribution in [3.8, 4) is 11.5 Å². The minimum absolute atomic E-state index is 0.0589. The van der Waals surface area contributed by atoms with E-state index < -0.39 is 15.9 Å². The first kappa shape index (κ1) is 17.8. The van der Waals surface area contributed by atoms with Crippen molar-refractivity contribution in [2.75, 3.05) is 36.6 Å². The van der Waals surface area contributed by atoms with E-state index in [-0.39, 0.29) is 23.5 Å². The van der Waals surface area contributed by atoms with Gasteiger partial charge >= 0.3 is 0 Å². The Morgan fingerprint density at radius 2 is 2.04 bits per heavy atom. The predicted octanol–water partition coefficient (Wildman–Crippen LogP) is 1.29. The number of likely N-dealkylation sites (N-methyl/N-ethyl adjacent to an activating group) is 1. The van der Waals surface area contributed by atoms with Crippen molar-refractivity contribution in [1.82, 2.24) is 4.90 Å². The summed E-state index contributed by atoms with van der Waals surface area (Å²) in [5.41, 5.74) is 0.764. The van der Waals surface area contributed by atoms with E-state index in [1.165, 1.54) is 0 Å². The third kappa shape index (κ3) is 4.00. The Bertz CT molecular complexity index is 749. The van der Waals surface area contributed by atoms with Crippen LogP contribution in [0, 0.1) is 0 Å². The molecule has 1 amide bonds. The van der Waals surface area contributed by atoms with Crippen LogP contribution < -0.4 is 14.8 Å². The Kier molecular flexibility index (Phi) is 5.08. The van der Waals surface area contributed by atoms with Crippen molar-refractivity contribution in [3.05, 3.63) is 18.2 Å². The number of benzene rings is 1. The molecule has 1 N–H and O–H groups in total. The average molecular weight is 368 g/mol. The molecule has 2 heterocycles. The van der Waals surface area contributed by atoms with Crippen molar-refractivity contribution in [2.45, 2.75) is 32.4 Å². The first-order valence-electron chi connectivity index (χ1n) is 8.56. The molecule has 2 atom stereocenters. The number of amides is 1. The largest absolute Gasteiger partial charge is 0.486 e. The molecule has 1 fully saturated rings. The minimum atomic E-state index is -3.02. The lowest BCUT2D eigenvalue weighted by Crippen LogP contribution is -2.47. The number of nitrogens with zero attached hydrogens (tertiary/aromatic N) is 1. The number of hydrogen-bond donors (Lipinski definition) is 1. The Morgan fingerprint density at radius 3 is 2.68 bits per heavy atom. The van der Waals surface area contributed by atoms with Crippen LogP contribution in [-0.4, -0.2) is 62.6 Å². The number of fused-ring (bicyclic) bond motifs is 1. The van der Waals surface area contributed by atoms with Crippen LogP contribution in [0.1, 0.15) is 20.3 Å². The van der Waals surface area contributed by atoms with Crippen LogP contribution in [0.15, 0.2) is 18.2 Å². The summed E-state index contributed by atoms with van der Waals surface area (Å²) in [6.07, 6.45) is 0.513. The Labute approximate surface area is 148 Å². The first-order chi connectivity index (χ1) is 11.9. The van der Waals surface area contributed by atoms with Crippen LogP contribution in [0.4, 0.5) is 5.69 Å². The van der Waals surface area contributed by atoms with Gasteiger partial charge in [0.05, 0.1) is 11.5 Å². The van der Waals surface area contributed by atoms with Gasteiger partial charge < -0.3 is 19.7 Å². The smallest absolute Gasteiger partial charge is 0.245 e. The molecule has 0 saturated carbocycles. The van der Waals surface area contributed by atoms with Crippen LogP contribution in [0.25, 0.3) is 0 Å². The van der Waals surface area contributed by atoms with Crippen LogP contribution in [0.5, 0.6) is 11.5 Å².